The number of ether oxygens (including phenoxy) is 6. The summed E-state index contributed by atoms with van der Waals surface area (Å²) in [6, 6.07) is 58.8. The van der Waals surface area contributed by atoms with E-state index in [2.05, 4.69) is 131 Å². The van der Waals surface area contributed by atoms with E-state index in [1.54, 1.807) is 0 Å². The third-order valence-corrected chi connectivity index (χ3v) is 23.5. The first-order valence-corrected chi connectivity index (χ1v) is 57.1. The standard InChI is InChI=1S/C24H24N2O6.C24H32N2O6.C18H20N2O6.3C7H8.3C4H9Cl.12C2H6/c1-14-9-16-13-31-24(11-18(16)17(10-14)15-5-3-2-4-6-15)19(12-27)32-22(21(24)29)26-8-7-20(28)25-23(26)30;1-3-4-5-6-7-16-10-15(2)11-17-14-31-24(12-18(16)17)19(13-27)32-22(21(24)29)26-9-8-20(28)25-23(26)30;1-10-2-3-11-7-18(25-9-12(11)6-10)13(8-21)26-16(15(18)23)20-5-4-14(22)19-17(20)24;3*1-7-5-3-2-4-6-7;3*1-2-3-4-5;12*1-2/h2-10,19,21-22,27,29H,11-13H2,1H3,(H,25,28,30);8-11,19,21-22,27,29H,3-7,12-14H2,1-2H3,(H,25,28,30);2-6,13,15-16,21,23H,7-9H2,1H3,(H,19,22,24);3*2-6H,1H3;3*2-4H2,1H3;12*1-2H3/t2*19-,21+,22-,24-;13-,15+,16-,18-;;;;;;;;;;;;;;;;;;/m111................../s1. The van der Waals surface area contributed by atoms with Crippen LogP contribution in [-0.2, 0) is 73.9 Å². The number of benzene rings is 7. The predicted octanol–water partition coefficient (Wildman–Crippen LogP) is 27.0. The Balaban J connectivity index is -0.000000554. The van der Waals surface area contributed by atoms with Crippen molar-refractivity contribution in [1.29, 1.82) is 0 Å². The highest BCUT2D eigenvalue weighted by molar-refractivity contribution is 6.18. The smallest absolute Gasteiger partial charge is 0.330 e. The number of halogens is 3. The van der Waals surface area contributed by atoms with Gasteiger partial charge < -0.3 is 59.1 Å². The van der Waals surface area contributed by atoms with Crippen molar-refractivity contribution in [3.63, 3.8) is 0 Å². The fourth-order valence-corrected chi connectivity index (χ4v) is 16.6. The number of H-pyrrole nitrogens is 3. The second-order valence-electron chi connectivity index (χ2n) is 32.3. The maximum Gasteiger partial charge on any atom is 0.330 e. The Labute approximate surface area is 917 Å². The van der Waals surface area contributed by atoms with Crippen LogP contribution in [-0.4, -0.2) is 150 Å². The number of rotatable bonds is 18. The van der Waals surface area contributed by atoms with Gasteiger partial charge in [0.15, 0.2) is 18.7 Å². The first-order valence-electron chi connectivity index (χ1n) is 55.5. The molecule has 27 heteroatoms. The zero-order valence-corrected chi connectivity index (χ0v) is 100. The zero-order chi connectivity index (χ0) is 116. The van der Waals surface area contributed by atoms with E-state index in [1.165, 1.54) is 103 Å². The molecule has 24 nitrogen and oxygen atoms in total. The van der Waals surface area contributed by atoms with E-state index in [4.69, 9.17) is 63.2 Å². The molecule has 850 valence electrons. The molecule has 16 rings (SSSR count). The highest BCUT2D eigenvalue weighted by Gasteiger charge is 2.62. The molecule has 3 saturated heterocycles. The average molecular weight is 2160 g/mol. The number of alkyl halides is 3. The molecule has 0 amide bonds. The summed E-state index contributed by atoms with van der Waals surface area (Å²) in [4.78, 5) is 77.4. The summed E-state index contributed by atoms with van der Waals surface area (Å²) in [5.41, 5.74) is 9.70. The van der Waals surface area contributed by atoms with E-state index in [-0.39, 0.29) is 26.4 Å². The van der Waals surface area contributed by atoms with Crippen LogP contribution >= 0.6 is 34.8 Å². The zero-order valence-electron chi connectivity index (χ0n) is 98.1. The lowest BCUT2D eigenvalue weighted by molar-refractivity contribution is -0.152. The minimum atomic E-state index is -1.25. The summed E-state index contributed by atoms with van der Waals surface area (Å²) in [5, 5.41) is 63.6. The molecule has 3 aromatic heterocycles. The molecule has 12 atom stereocenters. The molecule has 6 aliphatic heterocycles. The van der Waals surface area contributed by atoms with E-state index < -0.39 is 112 Å². The van der Waals surface area contributed by atoms with Crippen molar-refractivity contribution in [2.45, 2.75) is 417 Å². The summed E-state index contributed by atoms with van der Waals surface area (Å²) >= 11 is 15.9. The second kappa shape index (κ2) is 90.4. The molecule has 6 aliphatic rings. The van der Waals surface area contributed by atoms with Crippen molar-refractivity contribution < 1.29 is 59.1 Å². The number of hydrogen-bond acceptors (Lipinski definition) is 18. The van der Waals surface area contributed by atoms with Gasteiger partial charge in [-0.3, -0.25) is 43.0 Å². The molecule has 0 bridgehead atoms. The Kier molecular flexibility index (Phi) is 90.0. The number of hydrogen-bond donors (Lipinski definition) is 9. The van der Waals surface area contributed by atoms with Gasteiger partial charge in [-0.1, -0.05) is 430 Å². The lowest BCUT2D eigenvalue weighted by atomic mass is 9.78. The molecule has 9 N–H and O–H groups in total. The highest BCUT2D eigenvalue weighted by atomic mass is 35.5. The number of aliphatic hydroxyl groups is 6. The van der Waals surface area contributed by atoms with Crippen molar-refractivity contribution >= 4 is 34.8 Å². The van der Waals surface area contributed by atoms with Crippen molar-refractivity contribution in [1.82, 2.24) is 28.7 Å². The normalized spacial score (nSPS) is 19.3. The minimum absolute atomic E-state index is 0.237. The molecule has 0 radical (unpaired) electrons. The number of aromatic amines is 3. The van der Waals surface area contributed by atoms with Crippen LogP contribution in [0.25, 0.3) is 11.1 Å². The van der Waals surface area contributed by atoms with Gasteiger partial charge in [0.25, 0.3) is 16.7 Å². The van der Waals surface area contributed by atoms with Crippen LogP contribution in [0, 0.1) is 41.5 Å². The molecule has 3 fully saturated rings. The molecule has 0 saturated carbocycles. The predicted molar refractivity (Wildman–Crippen MR) is 632 cm³/mol. The van der Waals surface area contributed by atoms with Crippen molar-refractivity contribution in [2.75, 3.05) is 37.5 Å². The van der Waals surface area contributed by atoms with Crippen LogP contribution < -0.4 is 33.7 Å². The quantitative estimate of drug-likeness (QED) is 0.0285. The number of nitrogens with one attached hydrogen (secondary N) is 3. The van der Waals surface area contributed by atoms with Crippen LogP contribution in [0.2, 0.25) is 0 Å². The van der Waals surface area contributed by atoms with Gasteiger partial charge in [0.2, 0.25) is 0 Å². The molecule has 0 aliphatic carbocycles. The lowest BCUT2D eigenvalue weighted by Gasteiger charge is -2.40. The van der Waals surface area contributed by atoms with Crippen LogP contribution in [0.1, 0.15) is 349 Å². The average Bonchev–Trinajstić information content (AvgIpc) is 1.57. The third-order valence-electron chi connectivity index (χ3n) is 22.7. The molecule has 150 heavy (non-hydrogen) atoms. The molecule has 7 aromatic carbocycles. The Morgan fingerprint density at radius 2 is 0.600 bits per heavy atom. The monoisotopic (exact) mass is 2150 g/mol. The van der Waals surface area contributed by atoms with Gasteiger partial charge in [0.05, 0.1) is 39.6 Å². The summed E-state index contributed by atoms with van der Waals surface area (Å²) in [6.45, 7) is 68.6. The first-order chi connectivity index (χ1) is 72.7. The third kappa shape index (κ3) is 48.3. The van der Waals surface area contributed by atoms with Gasteiger partial charge >= 0.3 is 17.1 Å². The van der Waals surface area contributed by atoms with Gasteiger partial charge in [-0.2, -0.15) is 0 Å². The SMILES string of the molecule is CC.CC.CC.CC.CC.CC.CC.CC.CC.CC.CC.CC.CCCCCCc1cc(C)cc2c1C[C@@]1(OC2)[C@@H](CO)O[C@@H](n2ccc(=O)[nH]c2=O)[C@@H]1O.CCCCCl.CCCCCl.CCCCCl.Cc1cc2c(c(-c3ccccc3)c1)C[C@@]1(OC2)[C@@H](CO)O[C@@H](n2ccc(=O)[nH]c2=O)[C@@H]1O.Cc1ccc2c(c1)CO[C@]1(C2)[C@@H](CO)O[C@@H](n2ccc(=O)[nH]c2=O)[C@@H]1O.Cc1ccccc1.Cc1ccccc1.Cc1ccccc1. The van der Waals surface area contributed by atoms with E-state index in [9.17, 15) is 59.4 Å². The number of aliphatic hydroxyl groups excluding tert-OH is 6. The summed E-state index contributed by atoms with van der Waals surface area (Å²) < 4.78 is 39.4. The van der Waals surface area contributed by atoms with Crippen LogP contribution in [0.15, 0.2) is 229 Å². The maximum absolute atomic E-state index is 12.3. The molecule has 3 spiro atoms. The number of fused-ring (bicyclic) bond motifs is 3. The van der Waals surface area contributed by atoms with Gasteiger partial charge in [-0.15, -0.1) is 34.8 Å². The van der Waals surface area contributed by atoms with Gasteiger partial charge in [-0.25, -0.2) is 14.4 Å². The van der Waals surface area contributed by atoms with E-state index in [0.717, 1.165) is 119 Å². The van der Waals surface area contributed by atoms with Crippen LogP contribution in [0.5, 0.6) is 0 Å². The Morgan fingerprint density at radius 1 is 0.313 bits per heavy atom. The molecular weight excluding hydrogens is 1960 g/mol. The van der Waals surface area contributed by atoms with Crippen LogP contribution in [0.3, 0.4) is 0 Å². The van der Waals surface area contributed by atoms with E-state index in [0.29, 0.717) is 25.9 Å². The Bertz CT molecular complexity index is 5230. The molecule has 10 aromatic rings. The van der Waals surface area contributed by atoms with Crippen molar-refractivity contribution in [2.24, 2.45) is 0 Å². The fraction of sp³-hybridized carbons (Fsp3) is 0.561. The number of aryl methyl sites for hydroxylation is 7. The summed E-state index contributed by atoms with van der Waals surface area (Å²) in [6.07, 6.45) is 8.18. The molecule has 9 heterocycles. The number of unbranched alkanes of at least 4 members (excludes halogenated alkanes) is 6. The minimum Gasteiger partial charge on any atom is -0.394 e. The first kappa shape index (κ1) is 149. The fourth-order valence-electron chi connectivity index (χ4n) is 15.8. The Hall–Kier alpha value is -9.03. The van der Waals surface area contributed by atoms with Gasteiger partial charge in [0.1, 0.15) is 53.4 Å². The molecule has 0 unspecified atom stereocenters. The van der Waals surface area contributed by atoms with E-state index >= 15 is 0 Å². The highest BCUT2D eigenvalue weighted by Crippen LogP contribution is 2.50. The Morgan fingerprint density at radius 3 is 0.887 bits per heavy atom. The van der Waals surface area contributed by atoms with Crippen LogP contribution in [0.4, 0.5) is 0 Å². The lowest BCUT2D eigenvalue weighted by Crippen LogP contribution is -2.55. The van der Waals surface area contributed by atoms with Crippen molar-refractivity contribution in [3.8, 4) is 11.1 Å². The van der Waals surface area contributed by atoms with Gasteiger partial charge in [-0.05, 0) is 124 Å². The largest absolute Gasteiger partial charge is 0.394 e. The number of nitrogens with zero attached hydrogens (tertiary/aromatic N) is 3. The van der Waals surface area contributed by atoms with Crippen molar-refractivity contribution in [3.05, 3.63) is 335 Å². The summed E-state index contributed by atoms with van der Waals surface area (Å²) in [5.74, 6) is 2.45. The van der Waals surface area contributed by atoms with Gasteiger partial charge in [0, 0.05) is 73.7 Å². The topological polar surface area (TPSA) is 341 Å². The maximum atomic E-state index is 12.3. The molecular formula is C123H199Cl3N6O18. The second-order valence-corrected chi connectivity index (χ2v) is 33.4. The number of aromatic nitrogens is 6. The summed E-state index contributed by atoms with van der Waals surface area (Å²) in [7, 11) is 0. The van der Waals surface area contributed by atoms with E-state index in [1.807, 2.05) is 283 Å².